The van der Waals surface area contributed by atoms with E-state index in [4.69, 9.17) is 4.74 Å². The van der Waals surface area contributed by atoms with Crippen LogP contribution in [0.25, 0.3) is 10.8 Å². The van der Waals surface area contributed by atoms with Gasteiger partial charge in [-0.25, -0.2) is 0 Å². The number of benzene rings is 3. The standard InChI is InChI=1S/C22H24N2O2/c1-3-16(2)26-21-12-10-19(11-13-21)23-15-22(25)24-20-9-8-17-6-4-5-7-18(17)14-20/h4-14,16,23H,3,15H2,1-2H3,(H,24,25). The first-order valence-corrected chi connectivity index (χ1v) is 8.93. The summed E-state index contributed by atoms with van der Waals surface area (Å²) >= 11 is 0. The van der Waals surface area contributed by atoms with Gasteiger partial charge in [-0.15, -0.1) is 0 Å². The van der Waals surface area contributed by atoms with Crippen LogP contribution in [0.5, 0.6) is 5.75 Å². The number of ether oxygens (including phenoxy) is 1. The van der Waals surface area contributed by atoms with E-state index in [0.717, 1.165) is 34.3 Å². The van der Waals surface area contributed by atoms with Crippen LogP contribution in [0.4, 0.5) is 11.4 Å². The van der Waals surface area contributed by atoms with Crippen LogP contribution < -0.4 is 15.4 Å². The molecule has 4 nitrogen and oxygen atoms in total. The minimum Gasteiger partial charge on any atom is -0.491 e. The molecular formula is C22H24N2O2. The highest BCUT2D eigenvalue weighted by molar-refractivity contribution is 5.96. The Morgan fingerprint density at radius 3 is 2.38 bits per heavy atom. The Hall–Kier alpha value is -3.01. The Morgan fingerprint density at radius 1 is 0.962 bits per heavy atom. The van der Waals surface area contributed by atoms with Crippen molar-refractivity contribution >= 4 is 28.1 Å². The summed E-state index contributed by atoms with van der Waals surface area (Å²) < 4.78 is 5.75. The zero-order valence-corrected chi connectivity index (χ0v) is 15.2. The van der Waals surface area contributed by atoms with Gasteiger partial charge in [0.2, 0.25) is 5.91 Å². The molecule has 1 unspecified atom stereocenters. The molecule has 1 atom stereocenters. The molecule has 1 amide bonds. The molecule has 3 aromatic carbocycles. The third-order valence-corrected chi connectivity index (χ3v) is 4.25. The molecule has 0 saturated heterocycles. The maximum absolute atomic E-state index is 12.2. The van der Waals surface area contributed by atoms with E-state index in [-0.39, 0.29) is 18.6 Å². The van der Waals surface area contributed by atoms with E-state index in [9.17, 15) is 4.79 Å². The smallest absolute Gasteiger partial charge is 0.243 e. The third-order valence-electron chi connectivity index (χ3n) is 4.25. The molecule has 0 aliphatic carbocycles. The SMILES string of the molecule is CCC(C)Oc1ccc(NCC(=O)Nc2ccc3ccccc3c2)cc1. The maximum Gasteiger partial charge on any atom is 0.243 e. The van der Waals surface area contributed by atoms with Gasteiger partial charge in [0.05, 0.1) is 12.6 Å². The van der Waals surface area contributed by atoms with Gasteiger partial charge in [0.1, 0.15) is 5.75 Å². The van der Waals surface area contributed by atoms with E-state index in [0.29, 0.717) is 0 Å². The quantitative estimate of drug-likeness (QED) is 0.627. The molecular weight excluding hydrogens is 324 g/mol. The molecule has 0 fully saturated rings. The maximum atomic E-state index is 12.2. The van der Waals surface area contributed by atoms with Crippen molar-refractivity contribution in [3.05, 3.63) is 66.7 Å². The molecule has 26 heavy (non-hydrogen) atoms. The predicted octanol–water partition coefficient (Wildman–Crippen LogP) is 5.07. The molecule has 0 aliphatic heterocycles. The van der Waals surface area contributed by atoms with Gasteiger partial charge < -0.3 is 15.4 Å². The minimum absolute atomic E-state index is 0.0831. The first kappa shape index (κ1) is 17.8. The first-order chi connectivity index (χ1) is 12.6. The van der Waals surface area contributed by atoms with E-state index in [1.807, 2.05) is 67.6 Å². The van der Waals surface area contributed by atoms with Crippen LogP contribution in [0, 0.1) is 0 Å². The number of nitrogens with one attached hydrogen (secondary N) is 2. The highest BCUT2D eigenvalue weighted by Crippen LogP contribution is 2.19. The molecule has 0 bridgehead atoms. The molecule has 134 valence electrons. The van der Waals surface area contributed by atoms with E-state index in [2.05, 4.69) is 23.6 Å². The summed E-state index contributed by atoms with van der Waals surface area (Å²) in [5.41, 5.74) is 1.68. The van der Waals surface area contributed by atoms with Gasteiger partial charge in [-0.05, 0) is 60.5 Å². The summed E-state index contributed by atoms with van der Waals surface area (Å²) in [5, 5.41) is 8.31. The van der Waals surface area contributed by atoms with E-state index >= 15 is 0 Å². The molecule has 0 aromatic heterocycles. The first-order valence-electron chi connectivity index (χ1n) is 8.93. The molecule has 2 N–H and O–H groups in total. The zero-order valence-electron chi connectivity index (χ0n) is 15.2. The van der Waals surface area contributed by atoms with Crippen LogP contribution >= 0.6 is 0 Å². The summed E-state index contributed by atoms with van der Waals surface area (Å²) in [6.45, 7) is 4.34. The van der Waals surface area contributed by atoms with E-state index < -0.39 is 0 Å². The van der Waals surface area contributed by atoms with Crippen LogP contribution in [0.15, 0.2) is 66.7 Å². The highest BCUT2D eigenvalue weighted by atomic mass is 16.5. The monoisotopic (exact) mass is 348 g/mol. The summed E-state index contributed by atoms with van der Waals surface area (Å²) in [4.78, 5) is 12.2. The van der Waals surface area contributed by atoms with Crippen molar-refractivity contribution < 1.29 is 9.53 Å². The van der Waals surface area contributed by atoms with Crippen LogP contribution in [0.2, 0.25) is 0 Å². The molecule has 0 radical (unpaired) electrons. The van der Waals surface area contributed by atoms with Crippen molar-refractivity contribution in [3.63, 3.8) is 0 Å². The summed E-state index contributed by atoms with van der Waals surface area (Å²) in [6, 6.07) is 21.6. The number of anilines is 2. The summed E-state index contributed by atoms with van der Waals surface area (Å²) in [7, 11) is 0. The van der Waals surface area contributed by atoms with Crippen molar-refractivity contribution in [1.82, 2.24) is 0 Å². The van der Waals surface area contributed by atoms with Crippen molar-refractivity contribution in [2.75, 3.05) is 17.2 Å². The lowest BCUT2D eigenvalue weighted by Crippen LogP contribution is -2.21. The Morgan fingerprint density at radius 2 is 1.65 bits per heavy atom. The highest BCUT2D eigenvalue weighted by Gasteiger charge is 2.04. The predicted molar refractivity (Wildman–Crippen MR) is 108 cm³/mol. The van der Waals surface area contributed by atoms with Crippen LogP contribution in [0.1, 0.15) is 20.3 Å². The molecule has 0 saturated carbocycles. The fourth-order valence-electron chi connectivity index (χ4n) is 2.62. The number of amides is 1. The summed E-state index contributed by atoms with van der Waals surface area (Å²) in [6.07, 6.45) is 1.16. The van der Waals surface area contributed by atoms with Crippen molar-refractivity contribution in [2.45, 2.75) is 26.4 Å². The van der Waals surface area contributed by atoms with Gasteiger partial charge in [-0.3, -0.25) is 4.79 Å². The van der Waals surface area contributed by atoms with E-state index in [1.165, 1.54) is 0 Å². The normalized spacial score (nSPS) is 11.8. The second kappa shape index (κ2) is 8.39. The average Bonchev–Trinajstić information content (AvgIpc) is 2.67. The lowest BCUT2D eigenvalue weighted by Gasteiger charge is -2.13. The Labute approximate surface area is 154 Å². The number of rotatable bonds is 7. The lowest BCUT2D eigenvalue weighted by atomic mass is 10.1. The minimum atomic E-state index is -0.0831. The fraction of sp³-hybridized carbons (Fsp3) is 0.227. The summed E-state index contributed by atoms with van der Waals surface area (Å²) in [5.74, 6) is 0.755. The van der Waals surface area contributed by atoms with Crippen LogP contribution in [0.3, 0.4) is 0 Å². The lowest BCUT2D eigenvalue weighted by molar-refractivity contribution is -0.114. The van der Waals surface area contributed by atoms with Gasteiger partial charge in [0.25, 0.3) is 0 Å². The van der Waals surface area contributed by atoms with Gasteiger partial charge in [0.15, 0.2) is 0 Å². The van der Waals surface area contributed by atoms with Crippen molar-refractivity contribution in [2.24, 2.45) is 0 Å². The second-order valence-corrected chi connectivity index (χ2v) is 6.32. The molecule has 3 rings (SSSR count). The number of hydrogen-bond acceptors (Lipinski definition) is 3. The number of hydrogen-bond donors (Lipinski definition) is 2. The van der Waals surface area contributed by atoms with Crippen molar-refractivity contribution in [3.8, 4) is 5.75 Å². The topological polar surface area (TPSA) is 50.4 Å². The fourth-order valence-corrected chi connectivity index (χ4v) is 2.62. The zero-order chi connectivity index (χ0) is 18.4. The Bertz CT molecular complexity index is 875. The number of fused-ring (bicyclic) bond motifs is 1. The Kier molecular flexibility index (Phi) is 5.74. The Balaban J connectivity index is 1.53. The van der Waals surface area contributed by atoms with Crippen LogP contribution in [-0.2, 0) is 4.79 Å². The molecule has 4 heteroatoms. The average molecular weight is 348 g/mol. The molecule has 0 spiro atoms. The van der Waals surface area contributed by atoms with Gasteiger partial charge in [-0.1, -0.05) is 37.3 Å². The number of carbonyl (C=O) groups excluding carboxylic acids is 1. The van der Waals surface area contributed by atoms with Gasteiger partial charge in [0, 0.05) is 11.4 Å². The second-order valence-electron chi connectivity index (χ2n) is 6.32. The largest absolute Gasteiger partial charge is 0.491 e. The number of carbonyl (C=O) groups is 1. The molecule has 3 aromatic rings. The van der Waals surface area contributed by atoms with Crippen LogP contribution in [-0.4, -0.2) is 18.6 Å². The molecule has 0 aliphatic rings. The van der Waals surface area contributed by atoms with Crippen molar-refractivity contribution in [1.29, 1.82) is 0 Å². The van der Waals surface area contributed by atoms with Gasteiger partial charge in [-0.2, -0.15) is 0 Å². The third kappa shape index (κ3) is 4.76. The van der Waals surface area contributed by atoms with Gasteiger partial charge >= 0.3 is 0 Å². The molecule has 0 heterocycles. The van der Waals surface area contributed by atoms with E-state index in [1.54, 1.807) is 0 Å².